The molecule has 7 nitrogen and oxygen atoms in total. The molecule has 0 aromatic heterocycles. The third-order valence-corrected chi connectivity index (χ3v) is 9.64. The van der Waals surface area contributed by atoms with Gasteiger partial charge in [0.25, 0.3) is 10.0 Å². The highest BCUT2D eigenvalue weighted by Gasteiger charge is 2.34. The third kappa shape index (κ3) is 8.04. The Balaban J connectivity index is 1.81. The number of sulfonamides is 1. The number of anilines is 1. The largest absolute Gasteiger partial charge is 0.357 e. The molecule has 4 rings (SSSR count). The quantitative estimate of drug-likeness (QED) is 0.201. The van der Waals surface area contributed by atoms with Crippen LogP contribution in [0, 0.1) is 13.8 Å². The minimum atomic E-state index is -4.19. The normalized spacial score (nSPS) is 11.9. The average molecular weight is 683 g/mol. The molecule has 0 spiro atoms. The van der Waals surface area contributed by atoms with E-state index in [0.717, 1.165) is 25.5 Å². The van der Waals surface area contributed by atoms with E-state index < -0.39 is 28.5 Å². The van der Waals surface area contributed by atoms with Crippen LogP contribution < -0.4 is 9.62 Å². The molecular formula is C33H33BrClN3O4S. The smallest absolute Gasteiger partial charge is 0.264 e. The minimum absolute atomic E-state index is 0.0480. The van der Waals surface area contributed by atoms with Crippen LogP contribution in [0.25, 0.3) is 0 Å². The second kappa shape index (κ2) is 14.2. The fourth-order valence-electron chi connectivity index (χ4n) is 4.76. The van der Waals surface area contributed by atoms with Gasteiger partial charge in [0, 0.05) is 29.5 Å². The maximum atomic E-state index is 14.4. The number of likely N-dealkylation sites (N-methyl/N-ethyl adjacent to an activating group) is 1. The summed E-state index contributed by atoms with van der Waals surface area (Å²) in [6, 6.07) is 27.2. The number of nitrogens with zero attached hydrogens (tertiary/aromatic N) is 2. The topological polar surface area (TPSA) is 86.8 Å². The SMILES string of the molecule is CNC(=O)C(Cc1ccccc1)N(Cc1ccc(Br)cc1)C(=O)CN(c1ccc(Cl)cc1C)S(=O)(=O)c1ccc(C)cc1. The number of benzene rings is 4. The highest BCUT2D eigenvalue weighted by molar-refractivity contribution is 9.10. The van der Waals surface area contributed by atoms with E-state index in [1.54, 1.807) is 37.3 Å². The first-order valence-electron chi connectivity index (χ1n) is 13.6. The van der Waals surface area contributed by atoms with Crippen LogP contribution in [0.4, 0.5) is 5.69 Å². The Labute approximate surface area is 266 Å². The molecule has 10 heteroatoms. The van der Waals surface area contributed by atoms with Crippen molar-refractivity contribution in [2.24, 2.45) is 0 Å². The molecule has 1 N–H and O–H groups in total. The molecule has 1 unspecified atom stereocenters. The van der Waals surface area contributed by atoms with Crippen molar-refractivity contribution in [1.29, 1.82) is 0 Å². The molecule has 0 fully saturated rings. The Kier molecular flexibility index (Phi) is 10.7. The zero-order valence-corrected chi connectivity index (χ0v) is 27.3. The molecule has 0 saturated heterocycles. The van der Waals surface area contributed by atoms with E-state index in [1.807, 2.05) is 61.5 Å². The Morgan fingerprint density at radius 3 is 2.14 bits per heavy atom. The summed E-state index contributed by atoms with van der Waals surface area (Å²) in [6.07, 6.45) is 0.244. The number of carbonyl (C=O) groups excluding carboxylic acids is 2. The van der Waals surface area contributed by atoms with E-state index in [4.69, 9.17) is 11.6 Å². The second-order valence-electron chi connectivity index (χ2n) is 10.2. The van der Waals surface area contributed by atoms with E-state index in [2.05, 4.69) is 21.2 Å². The van der Waals surface area contributed by atoms with Crippen molar-refractivity contribution in [3.8, 4) is 0 Å². The predicted octanol–water partition coefficient (Wildman–Crippen LogP) is 6.30. The van der Waals surface area contributed by atoms with Crippen LogP contribution in [0.5, 0.6) is 0 Å². The molecule has 1 atom stereocenters. The number of amides is 2. The molecule has 0 aliphatic rings. The summed E-state index contributed by atoms with van der Waals surface area (Å²) in [4.78, 5) is 29.2. The fraction of sp³-hybridized carbons (Fsp3) is 0.212. The van der Waals surface area contributed by atoms with Crippen molar-refractivity contribution in [1.82, 2.24) is 10.2 Å². The van der Waals surface area contributed by atoms with Crippen LogP contribution in [0.2, 0.25) is 5.02 Å². The van der Waals surface area contributed by atoms with E-state index in [9.17, 15) is 18.0 Å². The van der Waals surface area contributed by atoms with E-state index >= 15 is 0 Å². The number of rotatable bonds is 11. The zero-order valence-electron chi connectivity index (χ0n) is 24.1. The van der Waals surface area contributed by atoms with Gasteiger partial charge in [0.15, 0.2) is 0 Å². The molecule has 0 radical (unpaired) electrons. The van der Waals surface area contributed by atoms with Crippen molar-refractivity contribution >= 4 is 55.1 Å². The van der Waals surface area contributed by atoms with Gasteiger partial charge in [0.1, 0.15) is 12.6 Å². The van der Waals surface area contributed by atoms with Crippen LogP contribution in [-0.4, -0.2) is 44.8 Å². The molecule has 224 valence electrons. The number of nitrogens with one attached hydrogen (secondary N) is 1. The number of hydrogen-bond donors (Lipinski definition) is 1. The second-order valence-corrected chi connectivity index (χ2v) is 13.4. The van der Waals surface area contributed by atoms with Crippen LogP contribution in [0.15, 0.2) is 106 Å². The van der Waals surface area contributed by atoms with Gasteiger partial charge < -0.3 is 10.2 Å². The summed E-state index contributed by atoms with van der Waals surface area (Å²) in [5.41, 5.74) is 3.46. The molecule has 2 amide bonds. The summed E-state index contributed by atoms with van der Waals surface area (Å²) in [7, 11) is -2.67. The van der Waals surface area contributed by atoms with Crippen LogP contribution in [-0.2, 0) is 32.6 Å². The van der Waals surface area contributed by atoms with Gasteiger partial charge in [-0.15, -0.1) is 0 Å². The molecule has 4 aromatic rings. The molecule has 4 aromatic carbocycles. The minimum Gasteiger partial charge on any atom is -0.357 e. The molecule has 0 bridgehead atoms. The van der Waals surface area contributed by atoms with Gasteiger partial charge in [-0.05, 0) is 73.0 Å². The van der Waals surface area contributed by atoms with E-state index in [-0.39, 0.29) is 23.8 Å². The van der Waals surface area contributed by atoms with Crippen LogP contribution in [0.1, 0.15) is 22.3 Å². The average Bonchev–Trinajstić information content (AvgIpc) is 2.99. The molecule has 0 heterocycles. The first-order valence-corrected chi connectivity index (χ1v) is 16.3. The number of halogens is 2. The Bertz CT molecular complexity index is 1680. The summed E-state index contributed by atoms with van der Waals surface area (Å²) >= 11 is 9.65. The standard InChI is InChI=1S/C33H33BrClN3O4S/c1-23-9-16-29(17-10-23)43(41,42)38(30-18-15-28(35)19-24(30)2)22-32(39)37(21-26-11-13-27(34)14-12-26)31(33(40)36-3)20-25-7-5-4-6-8-25/h4-19,31H,20-22H2,1-3H3,(H,36,40). The zero-order chi connectivity index (χ0) is 31.1. The van der Waals surface area contributed by atoms with Gasteiger partial charge in [-0.3, -0.25) is 13.9 Å². The lowest BCUT2D eigenvalue weighted by molar-refractivity contribution is -0.139. The number of hydrogen-bond acceptors (Lipinski definition) is 4. The highest BCUT2D eigenvalue weighted by Crippen LogP contribution is 2.30. The van der Waals surface area contributed by atoms with Crippen molar-refractivity contribution < 1.29 is 18.0 Å². The van der Waals surface area contributed by atoms with Crippen molar-refractivity contribution in [2.75, 3.05) is 17.9 Å². The van der Waals surface area contributed by atoms with E-state index in [0.29, 0.717) is 16.3 Å². The predicted molar refractivity (Wildman–Crippen MR) is 175 cm³/mol. The fourth-order valence-corrected chi connectivity index (χ4v) is 6.73. The lowest BCUT2D eigenvalue weighted by atomic mass is 10.0. The van der Waals surface area contributed by atoms with Crippen molar-refractivity contribution in [3.05, 3.63) is 129 Å². The van der Waals surface area contributed by atoms with Crippen LogP contribution in [0.3, 0.4) is 0 Å². The Hall–Kier alpha value is -3.66. The first kappa shape index (κ1) is 32.3. The monoisotopic (exact) mass is 681 g/mol. The molecule has 0 saturated carbocycles. The number of aryl methyl sites for hydroxylation is 2. The summed E-state index contributed by atoms with van der Waals surface area (Å²) in [5, 5.41) is 3.13. The Morgan fingerprint density at radius 2 is 1.53 bits per heavy atom. The molecular weight excluding hydrogens is 650 g/mol. The van der Waals surface area contributed by atoms with Gasteiger partial charge >= 0.3 is 0 Å². The number of carbonyl (C=O) groups is 2. The van der Waals surface area contributed by atoms with Gasteiger partial charge in [0.2, 0.25) is 11.8 Å². The van der Waals surface area contributed by atoms with Crippen molar-refractivity contribution in [2.45, 2.75) is 37.8 Å². The summed E-state index contributed by atoms with van der Waals surface area (Å²) < 4.78 is 30.2. The maximum Gasteiger partial charge on any atom is 0.264 e. The van der Waals surface area contributed by atoms with Crippen molar-refractivity contribution in [3.63, 3.8) is 0 Å². The van der Waals surface area contributed by atoms with E-state index in [1.165, 1.54) is 24.1 Å². The first-order chi connectivity index (χ1) is 20.5. The molecule has 0 aliphatic heterocycles. The lowest BCUT2D eigenvalue weighted by Crippen LogP contribution is -2.53. The summed E-state index contributed by atoms with van der Waals surface area (Å²) in [5.74, 6) is -0.887. The summed E-state index contributed by atoms with van der Waals surface area (Å²) in [6.45, 7) is 3.17. The Morgan fingerprint density at radius 1 is 0.884 bits per heavy atom. The van der Waals surface area contributed by atoms with Gasteiger partial charge in [-0.25, -0.2) is 8.42 Å². The molecule has 0 aliphatic carbocycles. The van der Waals surface area contributed by atoms with Gasteiger partial charge in [-0.2, -0.15) is 0 Å². The van der Waals surface area contributed by atoms with Crippen LogP contribution >= 0.6 is 27.5 Å². The molecule has 43 heavy (non-hydrogen) atoms. The van der Waals surface area contributed by atoms with Gasteiger partial charge in [-0.1, -0.05) is 87.7 Å². The van der Waals surface area contributed by atoms with Gasteiger partial charge in [0.05, 0.1) is 10.6 Å². The highest BCUT2D eigenvalue weighted by atomic mass is 79.9. The third-order valence-electron chi connectivity index (χ3n) is 7.10. The lowest BCUT2D eigenvalue weighted by Gasteiger charge is -2.34. The maximum absolute atomic E-state index is 14.4.